The van der Waals surface area contributed by atoms with Crippen LogP contribution in [0.25, 0.3) is 0 Å². The van der Waals surface area contributed by atoms with Gasteiger partial charge in [0, 0.05) is 12.4 Å². The average Bonchev–Trinajstić information content (AvgIpc) is 2.18. The fraction of sp³-hybridized carbons (Fsp3) is 0.583. The van der Waals surface area contributed by atoms with Gasteiger partial charge in [-0.2, -0.15) is 0 Å². The van der Waals surface area contributed by atoms with Crippen LogP contribution < -0.4 is 0 Å². The molecule has 0 fully saturated rings. The van der Waals surface area contributed by atoms with Crippen LogP contribution in [0.1, 0.15) is 39.2 Å². The van der Waals surface area contributed by atoms with Crippen molar-refractivity contribution < 1.29 is 5.11 Å². The monoisotopic (exact) mass is 193 g/mol. The molecule has 1 aromatic rings. The molecule has 1 N–H and O–H groups in total. The van der Waals surface area contributed by atoms with Crippen molar-refractivity contribution >= 4 is 0 Å². The summed E-state index contributed by atoms with van der Waals surface area (Å²) in [6, 6.07) is 3.75. The third-order valence-corrected chi connectivity index (χ3v) is 2.75. The number of hydrogen-bond acceptors (Lipinski definition) is 2. The molecule has 2 nitrogen and oxygen atoms in total. The van der Waals surface area contributed by atoms with Crippen LogP contribution in [-0.2, 0) is 5.60 Å². The second kappa shape index (κ2) is 4.56. The van der Waals surface area contributed by atoms with Crippen LogP contribution in [0.5, 0.6) is 0 Å². The average molecular weight is 193 g/mol. The molecule has 0 aliphatic heterocycles. The highest BCUT2D eigenvalue weighted by Crippen LogP contribution is 2.28. The second-order valence-electron chi connectivity index (χ2n) is 4.23. The van der Waals surface area contributed by atoms with Crippen molar-refractivity contribution in [2.24, 2.45) is 5.92 Å². The summed E-state index contributed by atoms with van der Waals surface area (Å²) in [4.78, 5) is 3.95. The molecule has 0 radical (unpaired) electrons. The van der Waals surface area contributed by atoms with E-state index < -0.39 is 5.60 Å². The van der Waals surface area contributed by atoms with Crippen molar-refractivity contribution in [3.8, 4) is 0 Å². The minimum Gasteiger partial charge on any atom is -0.385 e. The van der Waals surface area contributed by atoms with Gasteiger partial charge in [-0.3, -0.25) is 4.98 Å². The lowest BCUT2D eigenvalue weighted by Gasteiger charge is -2.26. The van der Waals surface area contributed by atoms with Crippen LogP contribution in [0.2, 0.25) is 0 Å². The van der Waals surface area contributed by atoms with Crippen molar-refractivity contribution in [2.75, 3.05) is 0 Å². The number of aromatic nitrogens is 1. The lowest BCUT2D eigenvalue weighted by atomic mass is 9.86. The van der Waals surface area contributed by atoms with Gasteiger partial charge in [0.1, 0.15) is 0 Å². The summed E-state index contributed by atoms with van der Waals surface area (Å²) in [5.74, 6) is 0.540. The van der Waals surface area contributed by atoms with E-state index in [1.54, 1.807) is 12.4 Å². The zero-order chi connectivity index (χ0) is 10.6. The Morgan fingerprint density at radius 3 is 2.50 bits per heavy atom. The predicted octanol–water partition coefficient (Wildman–Crippen LogP) is 2.73. The zero-order valence-corrected chi connectivity index (χ0v) is 9.20. The molecule has 0 bridgehead atoms. The number of pyridine rings is 1. The number of aliphatic hydroxyl groups is 1. The van der Waals surface area contributed by atoms with Gasteiger partial charge in [0.25, 0.3) is 0 Å². The topological polar surface area (TPSA) is 33.1 Å². The molecule has 0 aromatic carbocycles. The minimum atomic E-state index is -0.724. The fourth-order valence-corrected chi connectivity index (χ4v) is 1.65. The van der Waals surface area contributed by atoms with E-state index in [-0.39, 0.29) is 0 Å². The molecule has 0 saturated carbocycles. The third-order valence-electron chi connectivity index (χ3n) is 2.75. The Bertz CT molecular complexity index is 269. The molecule has 14 heavy (non-hydrogen) atoms. The van der Waals surface area contributed by atoms with Gasteiger partial charge >= 0.3 is 0 Å². The molecule has 0 aliphatic rings. The van der Waals surface area contributed by atoms with E-state index in [1.165, 1.54) is 0 Å². The maximum atomic E-state index is 10.3. The zero-order valence-electron chi connectivity index (χ0n) is 9.20. The summed E-state index contributed by atoms with van der Waals surface area (Å²) in [7, 11) is 0. The first-order valence-corrected chi connectivity index (χ1v) is 5.19. The maximum absolute atomic E-state index is 10.3. The molecule has 0 amide bonds. The predicted molar refractivity (Wildman–Crippen MR) is 57.9 cm³/mol. The normalized spacial score (nSPS) is 17.4. The van der Waals surface area contributed by atoms with Crippen molar-refractivity contribution in [1.82, 2.24) is 4.98 Å². The van der Waals surface area contributed by atoms with Crippen LogP contribution in [0.4, 0.5) is 0 Å². The van der Waals surface area contributed by atoms with Gasteiger partial charge in [-0.1, -0.05) is 20.3 Å². The van der Waals surface area contributed by atoms with Crippen LogP contribution in [-0.4, -0.2) is 10.1 Å². The van der Waals surface area contributed by atoms with Gasteiger partial charge in [-0.05, 0) is 37.0 Å². The number of hydrogen-bond donors (Lipinski definition) is 1. The lowest BCUT2D eigenvalue weighted by molar-refractivity contribution is 0.0318. The first-order valence-electron chi connectivity index (χ1n) is 5.19. The molecule has 0 aliphatic carbocycles. The van der Waals surface area contributed by atoms with Crippen LogP contribution in [0.15, 0.2) is 24.5 Å². The number of nitrogens with zero attached hydrogens (tertiary/aromatic N) is 1. The number of rotatable bonds is 4. The van der Waals surface area contributed by atoms with E-state index in [9.17, 15) is 5.11 Å². The Labute approximate surface area is 86.0 Å². The summed E-state index contributed by atoms with van der Waals surface area (Å²) < 4.78 is 0. The first-order chi connectivity index (χ1) is 6.56. The molecule has 2 heteroatoms. The SMILES string of the molecule is CCC(C)CC(C)(O)c1ccncc1. The van der Waals surface area contributed by atoms with E-state index >= 15 is 0 Å². The molecule has 2 unspecified atom stereocenters. The summed E-state index contributed by atoms with van der Waals surface area (Å²) >= 11 is 0. The maximum Gasteiger partial charge on any atom is 0.0872 e. The van der Waals surface area contributed by atoms with Crippen LogP contribution in [0.3, 0.4) is 0 Å². The highest BCUT2D eigenvalue weighted by Gasteiger charge is 2.24. The van der Waals surface area contributed by atoms with E-state index in [0.29, 0.717) is 5.92 Å². The van der Waals surface area contributed by atoms with Crippen LogP contribution >= 0.6 is 0 Å². The van der Waals surface area contributed by atoms with Crippen molar-refractivity contribution in [1.29, 1.82) is 0 Å². The highest BCUT2D eigenvalue weighted by molar-refractivity contribution is 5.17. The first kappa shape index (κ1) is 11.2. The third kappa shape index (κ3) is 2.81. The summed E-state index contributed by atoms with van der Waals surface area (Å²) in [5, 5.41) is 10.3. The summed E-state index contributed by atoms with van der Waals surface area (Å²) in [5.41, 5.74) is 0.228. The van der Waals surface area contributed by atoms with Gasteiger partial charge in [0.05, 0.1) is 5.60 Å². The second-order valence-corrected chi connectivity index (χ2v) is 4.23. The van der Waals surface area contributed by atoms with E-state index in [4.69, 9.17) is 0 Å². The van der Waals surface area contributed by atoms with Crippen molar-refractivity contribution in [3.63, 3.8) is 0 Å². The molecular formula is C12H19NO. The van der Waals surface area contributed by atoms with Crippen LogP contribution in [0, 0.1) is 5.92 Å². The standard InChI is InChI=1S/C12H19NO/c1-4-10(2)9-12(3,14)11-5-7-13-8-6-11/h5-8,10,14H,4,9H2,1-3H3. The van der Waals surface area contributed by atoms with Gasteiger partial charge in [0.15, 0.2) is 0 Å². The van der Waals surface area contributed by atoms with Gasteiger partial charge in [0.2, 0.25) is 0 Å². The quantitative estimate of drug-likeness (QED) is 0.797. The summed E-state index contributed by atoms with van der Waals surface area (Å²) in [6.07, 6.45) is 5.34. The molecule has 0 saturated heterocycles. The van der Waals surface area contributed by atoms with Crippen molar-refractivity contribution in [2.45, 2.75) is 39.2 Å². The van der Waals surface area contributed by atoms with Gasteiger partial charge in [-0.25, -0.2) is 0 Å². The molecule has 1 aromatic heterocycles. The van der Waals surface area contributed by atoms with E-state index in [1.807, 2.05) is 19.1 Å². The Morgan fingerprint density at radius 1 is 1.43 bits per heavy atom. The molecule has 2 atom stereocenters. The lowest BCUT2D eigenvalue weighted by Crippen LogP contribution is -2.23. The van der Waals surface area contributed by atoms with Crippen molar-refractivity contribution in [3.05, 3.63) is 30.1 Å². The minimum absolute atomic E-state index is 0.540. The molecule has 78 valence electrons. The van der Waals surface area contributed by atoms with E-state index in [0.717, 1.165) is 18.4 Å². The summed E-state index contributed by atoms with van der Waals surface area (Å²) in [6.45, 7) is 6.18. The molecular weight excluding hydrogens is 174 g/mol. The molecule has 1 rings (SSSR count). The molecule has 1 heterocycles. The Kier molecular flexibility index (Phi) is 3.64. The Balaban J connectivity index is 2.75. The van der Waals surface area contributed by atoms with Gasteiger partial charge in [-0.15, -0.1) is 0 Å². The smallest absolute Gasteiger partial charge is 0.0872 e. The Hall–Kier alpha value is -0.890. The highest BCUT2D eigenvalue weighted by atomic mass is 16.3. The van der Waals surface area contributed by atoms with E-state index in [2.05, 4.69) is 18.8 Å². The fourth-order valence-electron chi connectivity index (χ4n) is 1.65. The Morgan fingerprint density at radius 2 is 2.00 bits per heavy atom. The largest absolute Gasteiger partial charge is 0.385 e. The molecule has 0 spiro atoms. The van der Waals surface area contributed by atoms with Gasteiger partial charge < -0.3 is 5.11 Å².